The first kappa shape index (κ1) is 14.6. The Bertz CT molecular complexity index is 373. The number of nitrogens with two attached hydrogens (primary N) is 2. The molecule has 0 aliphatic rings. The number of hydrogen-bond donors (Lipinski definition) is 4. The molecule has 0 spiro atoms. The molecule has 94 valence electrons. The molecule has 0 atom stereocenters. The Morgan fingerprint density at radius 2 is 2.00 bits per heavy atom. The lowest BCUT2D eigenvalue weighted by atomic mass is 10.1. The quantitative estimate of drug-likeness (QED) is 0.188. The highest BCUT2D eigenvalue weighted by Gasteiger charge is 1.90. The van der Waals surface area contributed by atoms with E-state index in [9.17, 15) is 0 Å². The van der Waals surface area contributed by atoms with E-state index in [0.717, 1.165) is 5.56 Å². The molecular weight excluding hydrogens is 226 g/mol. The molecule has 0 fully saturated rings. The van der Waals surface area contributed by atoms with E-state index in [4.69, 9.17) is 26.9 Å². The smallest absolute Gasteiger partial charge is 0.291 e. The van der Waals surface area contributed by atoms with Gasteiger partial charge in [-0.15, -0.1) is 10.1 Å². The molecule has 0 radical (unpaired) electrons. The van der Waals surface area contributed by atoms with E-state index < -0.39 is 5.09 Å². The molecule has 0 unspecified atom stereocenters. The van der Waals surface area contributed by atoms with Crippen LogP contribution in [0.4, 0.5) is 0 Å². The van der Waals surface area contributed by atoms with Crippen molar-refractivity contribution in [2.24, 2.45) is 16.6 Å². The van der Waals surface area contributed by atoms with Gasteiger partial charge >= 0.3 is 0 Å². The summed E-state index contributed by atoms with van der Waals surface area (Å²) < 4.78 is 0. The minimum Gasteiger partial charge on any atom is -0.369 e. The third kappa shape index (κ3) is 8.63. The molecule has 0 aliphatic carbocycles. The lowest BCUT2D eigenvalue weighted by Gasteiger charge is -1.99. The van der Waals surface area contributed by atoms with Gasteiger partial charge in [-0.1, -0.05) is 29.8 Å². The van der Waals surface area contributed by atoms with Crippen molar-refractivity contribution in [2.75, 3.05) is 0 Å². The van der Waals surface area contributed by atoms with Gasteiger partial charge in [0.25, 0.3) is 5.09 Å². The number of hydrogen-bond acceptors (Lipinski definition) is 4. The largest absolute Gasteiger partial charge is 0.369 e. The van der Waals surface area contributed by atoms with Gasteiger partial charge in [-0.2, -0.15) is 0 Å². The van der Waals surface area contributed by atoms with E-state index in [1.54, 1.807) is 0 Å². The van der Waals surface area contributed by atoms with Crippen LogP contribution in [0.5, 0.6) is 0 Å². The van der Waals surface area contributed by atoms with E-state index in [2.05, 4.69) is 10.4 Å². The van der Waals surface area contributed by atoms with Crippen molar-refractivity contribution in [1.29, 1.82) is 0 Å². The van der Waals surface area contributed by atoms with Crippen LogP contribution in [0, 0.1) is 17.0 Å². The Labute approximate surface area is 98.0 Å². The monoisotopic (exact) mass is 241 g/mol. The maximum Gasteiger partial charge on any atom is 0.291 e. The first-order valence-electron chi connectivity index (χ1n) is 4.61. The second-order valence-corrected chi connectivity index (χ2v) is 3.07. The molecule has 0 saturated carbocycles. The fourth-order valence-corrected chi connectivity index (χ4v) is 0.916. The molecule has 0 aromatic heterocycles. The number of hydrazine groups is 1. The molecular formula is C9H15N5O3. The van der Waals surface area contributed by atoms with Gasteiger partial charge in [0, 0.05) is 0 Å². The minimum atomic E-state index is -1.50. The molecule has 17 heavy (non-hydrogen) atoms. The highest BCUT2D eigenvalue weighted by atomic mass is 16.9. The maximum atomic E-state index is 8.36. The first-order chi connectivity index (χ1) is 7.95. The van der Waals surface area contributed by atoms with Crippen LogP contribution in [0.2, 0.25) is 0 Å². The van der Waals surface area contributed by atoms with Crippen molar-refractivity contribution in [3.8, 4) is 0 Å². The standard InChI is InChI=1S/C9H14N4.HNO3/c1-7-2-4-8(5-3-7)6-12-9(10)13-11;2-1(3)4/h2-5H,6,11H2,1H3,(H3,10,12,13);(H,2,3,4). The van der Waals surface area contributed by atoms with Crippen LogP contribution >= 0.6 is 0 Å². The van der Waals surface area contributed by atoms with Gasteiger partial charge in [0.1, 0.15) is 0 Å². The average Bonchev–Trinajstić information content (AvgIpc) is 2.27. The zero-order valence-corrected chi connectivity index (χ0v) is 9.33. The number of aliphatic imine (C=N–C) groups is 1. The zero-order chi connectivity index (χ0) is 13.3. The summed E-state index contributed by atoms with van der Waals surface area (Å²) in [4.78, 5) is 12.4. The predicted octanol–water partition coefficient (Wildman–Crippen LogP) is -0.0747. The van der Waals surface area contributed by atoms with Gasteiger partial charge in [-0.05, 0) is 12.5 Å². The number of benzene rings is 1. The molecule has 1 aromatic carbocycles. The van der Waals surface area contributed by atoms with Crippen molar-refractivity contribution in [1.82, 2.24) is 5.43 Å². The van der Waals surface area contributed by atoms with Crippen LogP contribution in [0.1, 0.15) is 11.1 Å². The van der Waals surface area contributed by atoms with Gasteiger partial charge in [0.2, 0.25) is 5.96 Å². The molecule has 0 saturated heterocycles. The summed E-state index contributed by atoms with van der Waals surface area (Å²) in [6.45, 7) is 2.60. The Balaban J connectivity index is 0.000000557. The van der Waals surface area contributed by atoms with Crippen LogP contribution in [0.3, 0.4) is 0 Å². The fraction of sp³-hybridized carbons (Fsp3) is 0.222. The average molecular weight is 241 g/mol. The summed E-state index contributed by atoms with van der Waals surface area (Å²) in [5.74, 6) is 5.31. The third-order valence-corrected chi connectivity index (χ3v) is 1.70. The van der Waals surface area contributed by atoms with Gasteiger partial charge in [0.05, 0.1) is 6.54 Å². The van der Waals surface area contributed by atoms with Crippen LogP contribution in [-0.4, -0.2) is 16.3 Å². The molecule has 0 heterocycles. The topological polar surface area (TPSA) is 140 Å². The molecule has 0 aliphatic heterocycles. The lowest BCUT2D eigenvalue weighted by Crippen LogP contribution is -2.37. The van der Waals surface area contributed by atoms with Crippen molar-refractivity contribution < 1.29 is 10.3 Å². The summed E-state index contributed by atoms with van der Waals surface area (Å²) >= 11 is 0. The predicted molar refractivity (Wildman–Crippen MR) is 62.6 cm³/mol. The van der Waals surface area contributed by atoms with Crippen molar-refractivity contribution in [2.45, 2.75) is 13.5 Å². The Hall–Kier alpha value is -2.35. The number of rotatable bonds is 2. The zero-order valence-electron chi connectivity index (χ0n) is 9.33. The fourth-order valence-electron chi connectivity index (χ4n) is 0.916. The molecule has 0 bridgehead atoms. The molecule has 0 amide bonds. The van der Waals surface area contributed by atoms with Gasteiger partial charge < -0.3 is 10.9 Å². The number of nitrogens with one attached hydrogen (secondary N) is 1. The SMILES string of the molecule is Cc1ccc(CN=C(N)NN)cc1.O=[N+]([O-])O. The summed E-state index contributed by atoms with van der Waals surface area (Å²) in [5.41, 5.74) is 9.99. The van der Waals surface area contributed by atoms with Crippen molar-refractivity contribution in [3.63, 3.8) is 0 Å². The third-order valence-electron chi connectivity index (χ3n) is 1.70. The molecule has 6 N–H and O–H groups in total. The highest BCUT2D eigenvalue weighted by molar-refractivity contribution is 5.77. The lowest BCUT2D eigenvalue weighted by molar-refractivity contribution is -0.742. The maximum absolute atomic E-state index is 8.36. The van der Waals surface area contributed by atoms with E-state index >= 15 is 0 Å². The second-order valence-electron chi connectivity index (χ2n) is 3.07. The summed E-state index contributed by atoms with van der Waals surface area (Å²) in [5, 5.41) is 13.6. The number of nitrogens with zero attached hydrogens (tertiary/aromatic N) is 2. The Kier molecular flexibility index (Phi) is 6.79. The van der Waals surface area contributed by atoms with Gasteiger partial charge in [-0.3, -0.25) is 5.43 Å². The number of guanidine groups is 1. The van der Waals surface area contributed by atoms with E-state index in [1.165, 1.54) is 5.56 Å². The summed E-state index contributed by atoms with van der Waals surface area (Å²) in [6.07, 6.45) is 0. The van der Waals surface area contributed by atoms with E-state index in [-0.39, 0.29) is 5.96 Å². The van der Waals surface area contributed by atoms with E-state index in [1.807, 2.05) is 31.2 Å². The summed E-state index contributed by atoms with van der Waals surface area (Å²) in [6, 6.07) is 8.11. The molecule has 1 aromatic rings. The van der Waals surface area contributed by atoms with Gasteiger partial charge in [0.15, 0.2) is 0 Å². The normalized spacial score (nSPS) is 10.1. The van der Waals surface area contributed by atoms with Crippen LogP contribution in [-0.2, 0) is 6.54 Å². The van der Waals surface area contributed by atoms with Gasteiger partial charge in [-0.25, -0.2) is 10.8 Å². The highest BCUT2D eigenvalue weighted by Crippen LogP contribution is 2.03. The minimum absolute atomic E-state index is 0.251. The first-order valence-corrected chi connectivity index (χ1v) is 4.61. The van der Waals surface area contributed by atoms with Crippen LogP contribution < -0.4 is 17.0 Å². The summed E-state index contributed by atoms with van der Waals surface area (Å²) in [7, 11) is 0. The Morgan fingerprint density at radius 1 is 1.53 bits per heavy atom. The van der Waals surface area contributed by atoms with Crippen molar-refractivity contribution in [3.05, 3.63) is 45.5 Å². The molecule has 8 nitrogen and oxygen atoms in total. The molecule has 1 rings (SSSR count). The second kappa shape index (κ2) is 7.88. The van der Waals surface area contributed by atoms with Crippen molar-refractivity contribution >= 4 is 5.96 Å². The van der Waals surface area contributed by atoms with E-state index in [0.29, 0.717) is 6.54 Å². The van der Waals surface area contributed by atoms with Crippen LogP contribution in [0.25, 0.3) is 0 Å². The van der Waals surface area contributed by atoms with Crippen LogP contribution in [0.15, 0.2) is 29.3 Å². The number of aryl methyl sites for hydroxylation is 1. The molecule has 8 heteroatoms. The Morgan fingerprint density at radius 3 is 2.41 bits per heavy atom.